The van der Waals surface area contributed by atoms with Gasteiger partial charge < -0.3 is 5.32 Å². The van der Waals surface area contributed by atoms with Crippen molar-refractivity contribution in [3.8, 4) is 0 Å². The van der Waals surface area contributed by atoms with Crippen LogP contribution >= 0.6 is 0 Å². The SMILES string of the molecule is O=C1C[C@H](C(=O)Nc2ccccc2C(F)(F)F)n2cnnc2N1. The molecule has 1 aromatic carbocycles. The molecule has 2 heterocycles. The van der Waals surface area contributed by atoms with Crippen molar-refractivity contribution >= 4 is 23.5 Å². The zero-order valence-electron chi connectivity index (χ0n) is 11.5. The van der Waals surface area contributed by atoms with Gasteiger partial charge in [0.15, 0.2) is 0 Å². The van der Waals surface area contributed by atoms with Crippen molar-refractivity contribution in [3.05, 3.63) is 36.2 Å². The van der Waals surface area contributed by atoms with E-state index >= 15 is 0 Å². The average Bonchev–Trinajstić information content (AvgIpc) is 2.93. The third-order valence-corrected chi connectivity index (χ3v) is 3.33. The first-order chi connectivity index (χ1) is 10.9. The summed E-state index contributed by atoms with van der Waals surface area (Å²) in [6, 6.07) is 3.60. The zero-order chi connectivity index (χ0) is 16.6. The highest BCUT2D eigenvalue weighted by atomic mass is 19.4. The van der Waals surface area contributed by atoms with Gasteiger partial charge in [-0.05, 0) is 12.1 Å². The van der Waals surface area contributed by atoms with Crippen LogP contribution in [0.5, 0.6) is 0 Å². The number of aromatic nitrogens is 3. The lowest BCUT2D eigenvalue weighted by Gasteiger charge is -2.24. The lowest BCUT2D eigenvalue weighted by atomic mass is 10.1. The Morgan fingerprint density at radius 3 is 2.83 bits per heavy atom. The largest absolute Gasteiger partial charge is 0.418 e. The highest BCUT2D eigenvalue weighted by molar-refractivity contribution is 6.01. The minimum atomic E-state index is -4.60. The fraction of sp³-hybridized carbons (Fsp3) is 0.231. The molecular weight excluding hydrogens is 315 g/mol. The quantitative estimate of drug-likeness (QED) is 0.881. The molecule has 2 amide bonds. The molecule has 120 valence electrons. The van der Waals surface area contributed by atoms with Gasteiger partial charge in [-0.2, -0.15) is 13.2 Å². The predicted octanol–water partition coefficient (Wildman–Crippen LogP) is 1.82. The smallest absolute Gasteiger partial charge is 0.324 e. The number of para-hydroxylation sites is 1. The molecule has 0 spiro atoms. The molecule has 0 saturated heterocycles. The predicted molar refractivity (Wildman–Crippen MR) is 72.4 cm³/mol. The number of carbonyl (C=O) groups is 2. The molecular formula is C13H10F3N5O2. The Bertz CT molecular complexity index is 771. The van der Waals surface area contributed by atoms with Crippen molar-refractivity contribution in [1.29, 1.82) is 0 Å². The monoisotopic (exact) mass is 325 g/mol. The summed E-state index contributed by atoms with van der Waals surface area (Å²) in [6.07, 6.45) is -3.59. The average molecular weight is 325 g/mol. The topological polar surface area (TPSA) is 88.9 Å². The molecule has 1 aromatic heterocycles. The summed E-state index contributed by atoms with van der Waals surface area (Å²) in [7, 11) is 0. The van der Waals surface area contributed by atoms with E-state index in [1.54, 1.807) is 0 Å². The third-order valence-electron chi connectivity index (χ3n) is 3.33. The normalized spacial score (nSPS) is 17.3. The molecule has 0 radical (unpaired) electrons. The molecule has 0 bridgehead atoms. The Hall–Kier alpha value is -2.91. The van der Waals surface area contributed by atoms with Gasteiger partial charge in [-0.15, -0.1) is 10.2 Å². The highest BCUT2D eigenvalue weighted by Gasteiger charge is 2.35. The van der Waals surface area contributed by atoms with E-state index in [1.165, 1.54) is 23.0 Å². The highest BCUT2D eigenvalue weighted by Crippen LogP contribution is 2.35. The summed E-state index contributed by atoms with van der Waals surface area (Å²) in [5, 5.41) is 11.8. The van der Waals surface area contributed by atoms with Crippen LogP contribution in [0, 0.1) is 0 Å². The first kappa shape index (κ1) is 15.0. The summed E-state index contributed by atoms with van der Waals surface area (Å²) in [6.45, 7) is 0. The number of carbonyl (C=O) groups excluding carboxylic acids is 2. The number of amides is 2. The molecule has 1 aliphatic heterocycles. The molecule has 0 fully saturated rings. The van der Waals surface area contributed by atoms with Crippen LogP contribution in [-0.4, -0.2) is 26.6 Å². The molecule has 2 N–H and O–H groups in total. The van der Waals surface area contributed by atoms with E-state index in [1.807, 2.05) is 0 Å². The number of nitrogens with zero attached hydrogens (tertiary/aromatic N) is 3. The summed E-state index contributed by atoms with van der Waals surface area (Å²) in [4.78, 5) is 23.9. The maximum absolute atomic E-state index is 13.0. The minimum absolute atomic E-state index is 0.0745. The minimum Gasteiger partial charge on any atom is -0.324 e. The van der Waals surface area contributed by atoms with E-state index in [-0.39, 0.29) is 18.1 Å². The number of anilines is 2. The summed E-state index contributed by atoms with van der Waals surface area (Å²) < 4.78 is 40.2. The fourth-order valence-corrected chi connectivity index (χ4v) is 2.28. The van der Waals surface area contributed by atoms with E-state index in [4.69, 9.17) is 0 Å². The van der Waals surface area contributed by atoms with Crippen LogP contribution in [-0.2, 0) is 15.8 Å². The Morgan fingerprint density at radius 2 is 2.09 bits per heavy atom. The Morgan fingerprint density at radius 1 is 1.35 bits per heavy atom. The van der Waals surface area contributed by atoms with Crippen LogP contribution in [0.2, 0.25) is 0 Å². The van der Waals surface area contributed by atoms with Crippen LogP contribution in [0.4, 0.5) is 24.8 Å². The molecule has 7 nitrogen and oxygen atoms in total. The van der Waals surface area contributed by atoms with E-state index < -0.39 is 29.6 Å². The van der Waals surface area contributed by atoms with Crippen LogP contribution in [0.15, 0.2) is 30.6 Å². The van der Waals surface area contributed by atoms with Crippen LogP contribution in [0.3, 0.4) is 0 Å². The van der Waals surface area contributed by atoms with E-state index in [0.29, 0.717) is 0 Å². The number of nitrogens with one attached hydrogen (secondary N) is 2. The molecule has 0 saturated carbocycles. The van der Waals surface area contributed by atoms with Gasteiger partial charge in [-0.25, -0.2) is 0 Å². The van der Waals surface area contributed by atoms with Crippen molar-refractivity contribution in [2.75, 3.05) is 10.6 Å². The number of halogens is 3. The summed E-state index contributed by atoms with van der Waals surface area (Å²) in [5.41, 5.74) is -1.33. The maximum Gasteiger partial charge on any atom is 0.418 e. The van der Waals surface area contributed by atoms with Gasteiger partial charge in [0.05, 0.1) is 17.7 Å². The van der Waals surface area contributed by atoms with Crippen molar-refractivity contribution in [2.24, 2.45) is 0 Å². The van der Waals surface area contributed by atoms with E-state index in [9.17, 15) is 22.8 Å². The molecule has 0 aliphatic carbocycles. The van der Waals surface area contributed by atoms with Gasteiger partial charge in [0.25, 0.3) is 0 Å². The number of alkyl halides is 3. The Labute approximate surface area is 127 Å². The molecule has 2 aromatic rings. The second kappa shape index (κ2) is 5.38. The molecule has 0 unspecified atom stereocenters. The summed E-state index contributed by atoms with van der Waals surface area (Å²) >= 11 is 0. The summed E-state index contributed by atoms with van der Waals surface area (Å²) in [5.74, 6) is -1.14. The van der Waals surface area contributed by atoms with Crippen LogP contribution < -0.4 is 10.6 Å². The lowest BCUT2D eigenvalue weighted by molar-refractivity contribution is -0.137. The second-order valence-electron chi connectivity index (χ2n) is 4.86. The van der Waals surface area contributed by atoms with Gasteiger partial charge in [0.2, 0.25) is 17.8 Å². The van der Waals surface area contributed by atoms with Crippen molar-refractivity contribution in [2.45, 2.75) is 18.6 Å². The van der Waals surface area contributed by atoms with Gasteiger partial charge in [-0.1, -0.05) is 12.1 Å². The fourth-order valence-electron chi connectivity index (χ4n) is 2.28. The molecule has 10 heteroatoms. The van der Waals surface area contributed by atoms with Crippen LogP contribution in [0.1, 0.15) is 18.0 Å². The molecule has 3 rings (SSSR count). The molecule has 1 aliphatic rings. The van der Waals surface area contributed by atoms with E-state index in [2.05, 4.69) is 20.8 Å². The first-order valence-corrected chi connectivity index (χ1v) is 6.52. The lowest BCUT2D eigenvalue weighted by Crippen LogP contribution is -2.35. The number of rotatable bonds is 2. The second-order valence-corrected chi connectivity index (χ2v) is 4.86. The maximum atomic E-state index is 13.0. The Kier molecular flexibility index (Phi) is 3.51. The van der Waals surface area contributed by atoms with Gasteiger partial charge in [0, 0.05) is 0 Å². The van der Waals surface area contributed by atoms with Crippen molar-refractivity contribution < 1.29 is 22.8 Å². The molecule has 1 atom stereocenters. The van der Waals surface area contributed by atoms with Gasteiger partial charge in [-0.3, -0.25) is 19.5 Å². The number of hydrogen-bond acceptors (Lipinski definition) is 4. The standard InChI is InChI=1S/C13H10F3N5O2/c14-13(15,16)7-3-1-2-4-8(7)18-11(23)9-5-10(22)19-12-20-17-6-21(9)12/h1-4,6,9H,5H2,(H,18,23)(H,19,20,22)/t9-/m1/s1. The molecule has 23 heavy (non-hydrogen) atoms. The van der Waals surface area contributed by atoms with Gasteiger partial charge >= 0.3 is 6.18 Å². The van der Waals surface area contributed by atoms with Gasteiger partial charge in [0.1, 0.15) is 12.4 Å². The van der Waals surface area contributed by atoms with Crippen molar-refractivity contribution in [1.82, 2.24) is 14.8 Å². The van der Waals surface area contributed by atoms with Crippen LogP contribution in [0.25, 0.3) is 0 Å². The Balaban J connectivity index is 1.88. The number of fused-ring (bicyclic) bond motifs is 1. The van der Waals surface area contributed by atoms with E-state index in [0.717, 1.165) is 12.1 Å². The third kappa shape index (κ3) is 2.87. The van der Waals surface area contributed by atoms with Crippen molar-refractivity contribution in [3.63, 3.8) is 0 Å². The number of benzene rings is 1. The number of hydrogen-bond donors (Lipinski definition) is 2. The first-order valence-electron chi connectivity index (χ1n) is 6.52. The zero-order valence-corrected chi connectivity index (χ0v) is 11.5.